The normalized spacial score (nSPS) is 15.2. The molecule has 2 heterocycles. The Morgan fingerprint density at radius 1 is 1.31 bits per heavy atom. The summed E-state index contributed by atoms with van der Waals surface area (Å²) < 4.78 is 13.5. The summed E-state index contributed by atoms with van der Waals surface area (Å²) in [6, 6.07) is 11.7. The van der Waals surface area contributed by atoms with Crippen LogP contribution in [0, 0.1) is 22.6 Å². The van der Waals surface area contributed by atoms with Crippen molar-refractivity contribution >= 4 is 23.0 Å². The van der Waals surface area contributed by atoms with Gasteiger partial charge in [-0.2, -0.15) is 10.4 Å². The van der Waals surface area contributed by atoms with Gasteiger partial charge in [-0.15, -0.1) is 0 Å². The molecule has 0 aliphatic carbocycles. The first-order chi connectivity index (χ1) is 12.6. The highest BCUT2D eigenvalue weighted by Gasteiger charge is 2.18. The fraction of sp³-hybridized carbons (Fsp3) is 0.0556. The van der Waals surface area contributed by atoms with Crippen LogP contribution in [0.15, 0.2) is 58.8 Å². The van der Waals surface area contributed by atoms with Crippen LogP contribution in [0.5, 0.6) is 0 Å². The number of hydrazone groups is 1. The summed E-state index contributed by atoms with van der Waals surface area (Å²) in [5.74, 6) is -0.385. The standard InChI is InChI=1S/C18H14FN7/c19-13-5-2-6-23-16(13)10-24-26-17-14(21)8-15(25-18(17)22)12-4-1-3-11(7-12)9-20/h1-8,21,24H,10H2,(H2,22,25)/b21-14?,26-17+. The highest BCUT2D eigenvalue weighted by Crippen LogP contribution is 2.20. The molecule has 0 saturated heterocycles. The fourth-order valence-electron chi connectivity index (χ4n) is 2.31. The van der Waals surface area contributed by atoms with Crippen LogP contribution in [0.3, 0.4) is 0 Å². The van der Waals surface area contributed by atoms with E-state index in [0.717, 1.165) is 0 Å². The molecule has 1 aliphatic heterocycles. The Balaban J connectivity index is 1.77. The summed E-state index contributed by atoms with van der Waals surface area (Å²) in [7, 11) is 0. The second-order valence-electron chi connectivity index (χ2n) is 5.36. The molecule has 0 unspecified atom stereocenters. The van der Waals surface area contributed by atoms with Crippen molar-refractivity contribution in [3.8, 4) is 6.07 Å². The molecule has 0 bridgehead atoms. The summed E-state index contributed by atoms with van der Waals surface area (Å²) in [4.78, 5) is 8.15. The lowest BCUT2D eigenvalue weighted by Gasteiger charge is -2.13. The van der Waals surface area contributed by atoms with Crippen molar-refractivity contribution in [2.75, 3.05) is 0 Å². The number of pyridine rings is 1. The number of allylic oxidation sites excluding steroid dienone is 1. The maximum atomic E-state index is 13.5. The molecule has 26 heavy (non-hydrogen) atoms. The van der Waals surface area contributed by atoms with Crippen LogP contribution < -0.4 is 11.2 Å². The van der Waals surface area contributed by atoms with E-state index in [0.29, 0.717) is 16.8 Å². The summed E-state index contributed by atoms with van der Waals surface area (Å²) in [6.45, 7) is 0.0531. The molecule has 8 heteroatoms. The highest BCUT2D eigenvalue weighted by atomic mass is 19.1. The van der Waals surface area contributed by atoms with Gasteiger partial charge in [-0.25, -0.2) is 9.38 Å². The number of nitrogens with zero attached hydrogens (tertiary/aromatic N) is 4. The van der Waals surface area contributed by atoms with Crippen LogP contribution in [0.1, 0.15) is 16.8 Å². The van der Waals surface area contributed by atoms with Crippen LogP contribution in [-0.4, -0.2) is 22.2 Å². The van der Waals surface area contributed by atoms with Crippen molar-refractivity contribution in [2.24, 2.45) is 15.8 Å². The van der Waals surface area contributed by atoms with Crippen LogP contribution >= 0.6 is 0 Å². The van der Waals surface area contributed by atoms with E-state index in [4.69, 9.17) is 16.4 Å². The minimum absolute atomic E-state index is 0.0531. The van der Waals surface area contributed by atoms with Gasteiger partial charge in [-0.1, -0.05) is 12.1 Å². The minimum Gasteiger partial charge on any atom is -0.382 e. The molecule has 3 rings (SSSR count). The first-order valence-corrected chi connectivity index (χ1v) is 7.64. The van der Waals surface area contributed by atoms with Crippen molar-refractivity contribution in [3.05, 3.63) is 71.3 Å². The Labute approximate surface area is 148 Å². The number of nitriles is 1. The second kappa shape index (κ2) is 7.36. The first kappa shape index (κ1) is 17.0. The van der Waals surface area contributed by atoms with Gasteiger partial charge in [0.05, 0.1) is 35.3 Å². The van der Waals surface area contributed by atoms with E-state index in [1.807, 2.05) is 0 Å². The predicted molar refractivity (Wildman–Crippen MR) is 97.0 cm³/mol. The topological polar surface area (TPSA) is 123 Å². The quantitative estimate of drug-likeness (QED) is 0.732. The number of benzene rings is 1. The van der Waals surface area contributed by atoms with Crippen molar-refractivity contribution in [1.82, 2.24) is 10.4 Å². The molecule has 1 aliphatic rings. The van der Waals surface area contributed by atoms with Crippen molar-refractivity contribution in [3.63, 3.8) is 0 Å². The molecule has 1 aromatic carbocycles. The van der Waals surface area contributed by atoms with Gasteiger partial charge < -0.3 is 11.2 Å². The predicted octanol–water partition coefficient (Wildman–Crippen LogP) is 1.97. The van der Waals surface area contributed by atoms with E-state index >= 15 is 0 Å². The molecule has 4 N–H and O–H groups in total. The van der Waals surface area contributed by atoms with Gasteiger partial charge in [-0.3, -0.25) is 10.4 Å². The zero-order chi connectivity index (χ0) is 18.5. The van der Waals surface area contributed by atoms with E-state index in [2.05, 4.69) is 26.6 Å². The second-order valence-corrected chi connectivity index (χ2v) is 5.36. The SMILES string of the molecule is N#Cc1cccc(C2=CC(=N)/C(=N\NCc3ncccc3F)C(N)=N2)c1. The largest absolute Gasteiger partial charge is 0.382 e. The molecule has 0 amide bonds. The highest BCUT2D eigenvalue weighted by molar-refractivity contribution is 6.71. The van der Waals surface area contributed by atoms with Gasteiger partial charge in [0, 0.05) is 11.8 Å². The fourth-order valence-corrected chi connectivity index (χ4v) is 2.31. The Morgan fingerprint density at radius 2 is 2.15 bits per heavy atom. The summed E-state index contributed by atoms with van der Waals surface area (Å²) in [6.07, 6.45) is 2.99. The Bertz CT molecular complexity index is 999. The number of rotatable bonds is 4. The molecule has 2 aromatic rings. The number of hydrogen-bond donors (Lipinski definition) is 3. The third-order valence-corrected chi connectivity index (χ3v) is 3.58. The molecule has 7 nitrogen and oxygen atoms in total. The van der Waals surface area contributed by atoms with E-state index in [1.54, 1.807) is 24.3 Å². The number of aliphatic imine (C=N–C) groups is 1. The van der Waals surface area contributed by atoms with Crippen molar-refractivity contribution < 1.29 is 4.39 Å². The zero-order valence-electron chi connectivity index (χ0n) is 13.6. The Kier molecular flexibility index (Phi) is 4.80. The van der Waals surface area contributed by atoms with Crippen LogP contribution in [0.2, 0.25) is 0 Å². The summed E-state index contributed by atoms with van der Waals surface area (Å²) in [5, 5.41) is 21.1. The molecule has 0 saturated carbocycles. The van der Waals surface area contributed by atoms with Gasteiger partial charge in [0.25, 0.3) is 0 Å². The van der Waals surface area contributed by atoms with E-state index in [1.165, 1.54) is 24.4 Å². The molecule has 0 spiro atoms. The van der Waals surface area contributed by atoms with Crippen LogP contribution in [-0.2, 0) is 6.54 Å². The van der Waals surface area contributed by atoms with Crippen molar-refractivity contribution in [2.45, 2.75) is 6.54 Å². The zero-order valence-corrected chi connectivity index (χ0v) is 13.6. The van der Waals surface area contributed by atoms with E-state index < -0.39 is 5.82 Å². The number of nitrogens with two attached hydrogens (primary N) is 1. The van der Waals surface area contributed by atoms with Gasteiger partial charge in [-0.05, 0) is 30.3 Å². The molecule has 1 aromatic heterocycles. The number of hydrogen-bond acceptors (Lipinski definition) is 7. The third kappa shape index (κ3) is 3.62. The van der Waals surface area contributed by atoms with Crippen LogP contribution in [0.25, 0.3) is 5.70 Å². The maximum absolute atomic E-state index is 13.5. The molecule has 0 radical (unpaired) electrons. The van der Waals surface area contributed by atoms with Gasteiger partial charge >= 0.3 is 0 Å². The Hall–Kier alpha value is -3.86. The number of amidine groups is 1. The number of nitrogens with one attached hydrogen (secondary N) is 2. The first-order valence-electron chi connectivity index (χ1n) is 7.64. The summed E-state index contributed by atoms with van der Waals surface area (Å²) >= 11 is 0. The number of aromatic nitrogens is 1. The van der Waals surface area contributed by atoms with E-state index in [-0.39, 0.29) is 29.5 Å². The van der Waals surface area contributed by atoms with Crippen LogP contribution in [0.4, 0.5) is 4.39 Å². The van der Waals surface area contributed by atoms with Crippen molar-refractivity contribution in [1.29, 1.82) is 10.7 Å². The molecule has 0 fully saturated rings. The average Bonchev–Trinajstić information content (AvgIpc) is 2.65. The lowest BCUT2D eigenvalue weighted by atomic mass is 10.0. The number of halogens is 1. The molecule has 0 atom stereocenters. The third-order valence-electron chi connectivity index (χ3n) is 3.58. The summed E-state index contributed by atoms with van der Waals surface area (Å²) in [5.41, 5.74) is 10.6. The molecular formula is C18H14FN7. The van der Waals surface area contributed by atoms with Gasteiger partial charge in [0.1, 0.15) is 11.5 Å². The smallest absolute Gasteiger partial charge is 0.154 e. The van der Waals surface area contributed by atoms with Gasteiger partial charge in [0.15, 0.2) is 5.84 Å². The lowest BCUT2D eigenvalue weighted by molar-refractivity contribution is 0.581. The van der Waals surface area contributed by atoms with Gasteiger partial charge in [0.2, 0.25) is 0 Å². The maximum Gasteiger partial charge on any atom is 0.154 e. The molecule has 128 valence electrons. The molecular weight excluding hydrogens is 333 g/mol. The lowest BCUT2D eigenvalue weighted by Crippen LogP contribution is -2.34. The minimum atomic E-state index is -0.444. The average molecular weight is 347 g/mol. The monoisotopic (exact) mass is 347 g/mol. The Morgan fingerprint density at radius 3 is 2.88 bits per heavy atom. The van der Waals surface area contributed by atoms with E-state index in [9.17, 15) is 4.39 Å².